The summed E-state index contributed by atoms with van der Waals surface area (Å²) < 4.78 is 39.0. The standard InChI is InChI=1S/C19H29ClN4O4S/c1-2-21-19(24-10-12-28-18(14-24)17-7-4-11-27-17)22-8-9-23-29(25,26)16-6-3-5-15(20)13-16/h3,5-6,13,17-18,23H,2,4,7-12,14H2,1H3,(H,21,22). The van der Waals surface area contributed by atoms with Gasteiger partial charge < -0.3 is 19.7 Å². The zero-order valence-electron chi connectivity index (χ0n) is 16.6. The summed E-state index contributed by atoms with van der Waals surface area (Å²) in [6.07, 6.45) is 2.28. The van der Waals surface area contributed by atoms with E-state index in [-0.39, 0.29) is 23.6 Å². The van der Waals surface area contributed by atoms with Crippen LogP contribution in [0.2, 0.25) is 5.02 Å². The van der Waals surface area contributed by atoms with Crippen molar-refractivity contribution in [1.82, 2.24) is 14.9 Å². The molecule has 0 radical (unpaired) electrons. The number of aliphatic imine (C=N–C) groups is 1. The first-order valence-corrected chi connectivity index (χ1v) is 11.9. The van der Waals surface area contributed by atoms with Crippen molar-refractivity contribution in [2.24, 2.45) is 4.99 Å². The molecule has 0 bridgehead atoms. The lowest BCUT2D eigenvalue weighted by atomic mass is 10.1. The van der Waals surface area contributed by atoms with E-state index < -0.39 is 10.0 Å². The summed E-state index contributed by atoms with van der Waals surface area (Å²) in [5, 5.41) is 3.67. The van der Waals surface area contributed by atoms with Gasteiger partial charge in [0, 0.05) is 37.8 Å². The summed E-state index contributed by atoms with van der Waals surface area (Å²) in [7, 11) is -3.61. The van der Waals surface area contributed by atoms with Crippen LogP contribution in [0.5, 0.6) is 0 Å². The van der Waals surface area contributed by atoms with Crippen molar-refractivity contribution in [2.75, 3.05) is 45.9 Å². The topological polar surface area (TPSA) is 92.3 Å². The molecule has 2 aliphatic heterocycles. The number of guanidine groups is 1. The minimum atomic E-state index is -3.61. The van der Waals surface area contributed by atoms with E-state index >= 15 is 0 Å². The van der Waals surface area contributed by atoms with Gasteiger partial charge in [-0.05, 0) is 38.0 Å². The zero-order valence-corrected chi connectivity index (χ0v) is 18.2. The first kappa shape index (κ1) is 22.3. The monoisotopic (exact) mass is 444 g/mol. The third kappa shape index (κ3) is 6.29. The summed E-state index contributed by atoms with van der Waals surface area (Å²) in [4.78, 5) is 6.90. The second-order valence-electron chi connectivity index (χ2n) is 7.00. The first-order chi connectivity index (χ1) is 14.0. The van der Waals surface area contributed by atoms with Gasteiger partial charge >= 0.3 is 0 Å². The van der Waals surface area contributed by atoms with Gasteiger partial charge in [-0.25, -0.2) is 13.1 Å². The largest absolute Gasteiger partial charge is 0.375 e. The van der Waals surface area contributed by atoms with Crippen molar-refractivity contribution in [1.29, 1.82) is 0 Å². The maximum absolute atomic E-state index is 12.4. The SMILES string of the molecule is CCNC(=NCCNS(=O)(=O)c1cccc(Cl)c1)N1CCOC(C2CCCO2)C1. The van der Waals surface area contributed by atoms with Crippen LogP contribution in [0.1, 0.15) is 19.8 Å². The fourth-order valence-corrected chi connectivity index (χ4v) is 4.80. The van der Waals surface area contributed by atoms with E-state index in [1.54, 1.807) is 12.1 Å². The molecule has 2 unspecified atom stereocenters. The summed E-state index contributed by atoms with van der Waals surface area (Å²) in [6.45, 7) is 6.13. The van der Waals surface area contributed by atoms with E-state index in [2.05, 4.69) is 19.9 Å². The summed E-state index contributed by atoms with van der Waals surface area (Å²) in [5.41, 5.74) is 0. The van der Waals surface area contributed by atoms with Crippen LogP contribution in [0.25, 0.3) is 0 Å². The molecule has 29 heavy (non-hydrogen) atoms. The number of rotatable bonds is 7. The molecular weight excluding hydrogens is 416 g/mol. The molecule has 0 aromatic heterocycles. The third-order valence-electron chi connectivity index (χ3n) is 4.88. The first-order valence-electron chi connectivity index (χ1n) is 10.0. The van der Waals surface area contributed by atoms with Gasteiger partial charge in [-0.2, -0.15) is 0 Å². The molecule has 0 amide bonds. The molecule has 8 nitrogen and oxygen atoms in total. The molecule has 162 valence electrons. The molecule has 2 fully saturated rings. The normalized spacial score (nSPS) is 23.4. The highest BCUT2D eigenvalue weighted by molar-refractivity contribution is 7.89. The van der Waals surface area contributed by atoms with Gasteiger partial charge in [0.25, 0.3) is 0 Å². The van der Waals surface area contributed by atoms with Crippen molar-refractivity contribution < 1.29 is 17.9 Å². The molecule has 2 heterocycles. The third-order valence-corrected chi connectivity index (χ3v) is 6.57. The molecule has 2 N–H and O–H groups in total. The number of ether oxygens (including phenoxy) is 2. The Kier molecular flexibility index (Phi) is 8.14. The molecule has 2 atom stereocenters. The van der Waals surface area contributed by atoms with E-state index in [0.717, 1.165) is 38.5 Å². The van der Waals surface area contributed by atoms with E-state index in [4.69, 9.17) is 21.1 Å². The summed E-state index contributed by atoms with van der Waals surface area (Å²) >= 11 is 5.89. The molecule has 10 heteroatoms. The quantitative estimate of drug-likeness (QED) is 0.376. The Balaban J connectivity index is 1.56. The number of morpholine rings is 1. The average molecular weight is 445 g/mol. The lowest BCUT2D eigenvalue weighted by molar-refractivity contribution is -0.0817. The number of hydrogen-bond acceptors (Lipinski definition) is 5. The van der Waals surface area contributed by atoms with Gasteiger partial charge in [-0.15, -0.1) is 0 Å². The van der Waals surface area contributed by atoms with E-state index in [0.29, 0.717) is 24.7 Å². The fourth-order valence-electron chi connectivity index (χ4n) is 3.47. The molecule has 1 aromatic carbocycles. The Morgan fingerprint density at radius 1 is 1.31 bits per heavy atom. The predicted octanol–water partition coefficient (Wildman–Crippen LogP) is 1.46. The Morgan fingerprint density at radius 2 is 2.14 bits per heavy atom. The molecule has 0 saturated carbocycles. The predicted molar refractivity (Wildman–Crippen MR) is 113 cm³/mol. The van der Waals surface area contributed by atoms with Crippen LogP contribution in [-0.2, 0) is 19.5 Å². The second kappa shape index (κ2) is 10.6. The maximum Gasteiger partial charge on any atom is 0.240 e. The number of nitrogens with one attached hydrogen (secondary N) is 2. The molecule has 3 rings (SSSR count). The Morgan fingerprint density at radius 3 is 2.86 bits per heavy atom. The van der Waals surface area contributed by atoms with Gasteiger partial charge in [-0.1, -0.05) is 17.7 Å². The van der Waals surface area contributed by atoms with Crippen molar-refractivity contribution >= 4 is 27.6 Å². The highest BCUT2D eigenvalue weighted by Crippen LogP contribution is 2.21. The van der Waals surface area contributed by atoms with Crippen molar-refractivity contribution in [2.45, 2.75) is 36.9 Å². The van der Waals surface area contributed by atoms with E-state index in [9.17, 15) is 8.42 Å². The molecule has 0 aliphatic carbocycles. The van der Waals surface area contributed by atoms with Crippen molar-refractivity contribution in [3.05, 3.63) is 29.3 Å². The highest BCUT2D eigenvalue weighted by atomic mass is 35.5. The van der Waals surface area contributed by atoms with Crippen LogP contribution < -0.4 is 10.0 Å². The second-order valence-corrected chi connectivity index (χ2v) is 9.20. The van der Waals surface area contributed by atoms with Crippen LogP contribution in [0, 0.1) is 0 Å². The maximum atomic E-state index is 12.4. The summed E-state index contributed by atoms with van der Waals surface area (Å²) in [5.74, 6) is 0.765. The highest BCUT2D eigenvalue weighted by Gasteiger charge is 2.32. The van der Waals surface area contributed by atoms with Crippen molar-refractivity contribution in [3.8, 4) is 0 Å². The van der Waals surface area contributed by atoms with Crippen LogP contribution >= 0.6 is 11.6 Å². The zero-order chi connectivity index (χ0) is 20.7. The Bertz CT molecular complexity index is 799. The van der Waals surface area contributed by atoms with Crippen LogP contribution in [0.15, 0.2) is 34.2 Å². The number of halogens is 1. The van der Waals surface area contributed by atoms with Crippen LogP contribution in [0.4, 0.5) is 0 Å². The number of hydrogen-bond donors (Lipinski definition) is 2. The molecule has 2 saturated heterocycles. The van der Waals surface area contributed by atoms with Gasteiger partial charge in [0.1, 0.15) is 6.10 Å². The molecule has 1 aromatic rings. The van der Waals surface area contributed by atoms with Gasteiger partial charge in [-0.3, -0.25) is 4.99 Å². The van der Waals surface area contributed by atoms with E-state index in [1.807, 2.05) is 6.92 Å². The number of nitrogens with zero attached hydrogens (tertiary/aromatic N) is 2. The lowest BCUT2D eigenvalue weighted by Gasteiger charge is -2.37. The number of benzene rings is 1. The molecule has 2 aliphatic rings. The van der Waals surface area contributed by atoms with Gasteiger partial charge in [0.05, 0.1) is 24.2 Å². The van der Waals surface area contributed by atoms with Crippen molar-refractivity contribution in [3.63, 3.8) is 0 Å². The minimum Gasteiger partial charge on any atom is -0.375 e. The Hall–Kier alpha value is -1.39. The van der Waals surface area contributed by atoms with Gasteiger partial charge in [0.2, 0.25) is 10.0 Å². The molecular formula is C19H29ClN4O4S. The van der Waals surface area contributed by atoms with Crippen LogP contribution in [-0.4, -0.2) is 77.4 Å². The molecule has 0 spiro atoms. The van der Waals surface area contributed by atoms with Gasteiger partial charge in [0.15, 0.2) is 5.96 Å². The summed E-state index contributed by atoms with van der Waals surface area (Å²) in [6, 6.07) is 6.19. The minimum absolute atomic E-state index is 0.0384. The fraction of sp³-hybridized carbons (Fsp3) is 0.632. The smallest absolute Gasteiger partial charge is 0.240 e. The lowest BCUT2D eigenvalue weighted by Crippen LogP contribution is -2.53. The Labute approximate surface area is 177 Å². The number of sulfonamides is 1. The average Bonchev–Trinajstić information content (AvgIpc) is 3.25. The van der Waals surface area contributed by atoms with E-state index in [1.165, 1.54) is 12.1 Å². The van der Waals surface area contributed by atoms with Crippen LogP contribution in [0.3, 0.4) is 0 Å².